The Kier molecular flexibility index (Phi) is 4.67. The molecule has 2 aromatic rings. The van der Waals surface area contributed by atoms with Gasteiger partial charge in [-0.3, -0.25) is 4.98 Å². The molecule has 0 saturated heterocycles. The van der Waals surface area contributed by atoms with Crippen LogP contribution in [-0.2, 0) is 5.60 Å². The molecule has 0 fully saturated rings. The van der Waals surface area contributed by atoms with E-state index in [1.807, 2.05) is 25.1 Å². The third-order valence-electron chi connectivity index (χ3n) is 3.86. The predicted molar refractivity (Wildman–Crippen MR) is 89.3 cm³/mol. The van der Waals surface area contributed by atoms with Crippen LogP contribution in [0.15, 0.2) is 30.3 Å². The highest BCUT2D eigenvalue weighted by molar-refractivity contribution is 5.79. The molecule has 0 bridgehead atoms. The Morgan fingerprint density at radius 1 is 1.00 bits per heavy atom. The lowest BCUT2D eigenvalue weighted by molar-refractivity contribution is -0.00438. The maximum Gasteiger partial charge on any atom is 0.0901 e. The van der Waals surface area contributed by atoms with Gasteiger partial charge in [-0.25, -0.2) is 0 Å². The van der Waals surface area contributed by atoms with Crippen molar-refractivity contribution in [1.29, 1.82) is 0 Å². The molecular weight excluding hydrogens is 258 g/mol. The van der Waals surface area contributed by atoms with E-state index in [4.69, 9.17) is 0 Å². The van der Waals surface area contributed by atoms with Crippen molar-refractivity contribution in [1.82, 2.24) is 4.98 Å². The average molecular weight is 285 g/mol. The van der Waals surface area contributed by atoms with Crippen LogP contribution >= 0.6 is 0 Å². The van der Waals surface area contributed by atoms with E-state index in [-0.39, 0.29) is 0 Å². The number of hydrogen-bond acceptors (Lipinski definition) is 2. The van der Waals surface area contributed by atoms with Crippen molar-refractivity contribution in [3.8, 4) is 0 Å². The van der Waals surface area contributed by atoms with Crippen LogP contribution in [-0.4, -0.2) is 10.1 Å². The molecule has 0 amide bonds. The molecule has 114 valence electrons. The fourth-order valence-corrected chi connectivity index (χ4v) is 3.19. The van der Waals surface area contributed by atoms with Crippen molar-refractivity contribution in [3.63, 3.8) is 0 Å². The Morgan fingerprint density at radius 2 is 1.62 bits per heavy atom. The van der Waals surface area contributed by atoms with Gasteiger partial charge in [-0.05, 0) is 55.4 Å². The first-order chi connectivity index (χ1) is 9.80. The van der Waals surface area contributed by atoms with E-state index in [0.717, 1.165) is 35.0 Å². The van der Waals surface area contributed by atoms with Crippen LogP contribution in [0.2, 0.25) is 0 Å². The van der Waals surface area contributed by atoms with Crippen LogP contribution < -0.4 is 0 Å². The van der Waals surface area contributed by atoms with Crippen molar-refractivity contribution in [3.05, 3.63) is 41.6 Å². The number of benzene rings is 1. The van der Waals surface area contributed by atoms with Gasteiger partial charge in [0.1, 0.15) is 0 Å². The van der Waals surface area contributed by atoms with Crippen LogP contribution in [0, 0.1) is 18.8 Å². The molecule has 1 aromatic heterocycles. The van der Waals surface area contributed by atoms with Gasteiger partial charge in [0, 0.05) is 11.1 Å². The predicted octanol–water partition coefficient (Wildman–Crippen LogP) is 4.82. The number of pyridine rings is 1. The van der Waals surface area contributed by atoms with Crippen LogP contribution in [0.3, 0.4) is 0 Å². The molecule has 2 heteroatoms. The summed E-state index contributed by atoms with van der Waals surface area (Å²) in [5.41, 5.74) is 2.29. The lowest BCUT2D eigenvalue weighted by Crippen LogP contribution is -2.29. The largest absolute Gasteiger partial charge is 0.385 e. The Balaban J connectivity index is 2.46. The van der Waals surface area contributed by atoms with Gasteiger partial charge in [0.2, 0.25) is 0 Å². The van der Waals surface area contributed by atoms with E-state index < -0.39 is 5.60 Å². The molecule has 0 aliphatic rings. The topological polar surface area (TPSA) is 33.1 Å². The number of aliphatic hydroxyl groups is 1. The maximum absolute atomic E-state index is 11.2. The van der Waals surface area contributed by atoms with Crippen molar-refractivity contribution in [2.75, 3.05) is 0 Å². The van der Waals surface area contributed by atoms with Crippen molar-refractivity contribution >= 4 is 10.9 Å². The van der Waals surface area contributed by atoms with Gasteiger partial charge in [0.25, 0.3) is 0 Å². The number of aryl methyl sites for hydroxylation is 1. The molecule has 1 heterocycles. The first-order valence-electron chi connectivity index (χ1n) is 7.90. The number of hydrogen-bond donors (Lipinski definition) is 1. The first kappa shape index (κ1) is 16.0. The SMILES string of the molecule is Cc1ccc2cc(C(O)(CC(C)C)CC(C)C)ccc2n1. The van der Waals surface area contributed by atoms with Gasteiger partial charge in [0.15, 0.2) is 0 Å². The number of fused-ring (bicyclic) bond motifs is 1. The van der Waals surface area contributed by atoms with Gasteiger partial charge in [-0.15, -0.1) is 0 Å². The van der Waals surface area contributed by atoms with Gasteiger partial charge in [-0.1, -0.05) is 39.8 Å². The highest BCUT2D eigenvalue weighted by atomic mass is 16.3. The Labute approximate surface area is 128 Å². The molecule has 0 aliphatic carbocycles. The number of aromatic nitrogens is 1. The standard InChI is InChI=1S/C19H27NO/c1-13(2)11-19(21,12-14(3)4)17-8-9-18-16(10-17)7-6-15(5)20-18/h6-10,13-14,21H,11-12H2,1-5H3. The normalized spacial score (nSPS) is 12.6. The first-order valence-corrected chi connectivity index (χ1v) is 7.90. The zero-order valence-corrected chi connectivity index (χ0v) is 13.9. The van der Waals surface area contributed by atoms with E-state index in [1.165, 1.54) is 0 Å². The monoisotopic (exact) mass is 285 g/mol. The average Bonchev–Trinajstić information content (AvgIpc) is 2.35. The lowest BCUT2D eigenvalue weighted by atomic mass is 9.79. The second kappa shape index (κ2) is 6.15. The molecule has 0 spiro atoms. The zero-order chi connectivity index (χ0) is 15.6. The number of rotatable bonds is 5. The molecule has 0 saturated carbocycles. The van der Waals surface area contributed by atoms with Gasteiger partial charge in [-0.2, -0.15) is 0 Å². The van der Waals surface area contributed by atoms with E-state index >= 15 is 0 Å². The molecule has 0 aliphatic heterocycles. The minimum Gasteiger partial charge on any atom is -0.385 e. The Bertz CT molecular complexity index is 606. The third kappa shape index (κ3) is 3.82. The fraction of sp³-hybridized carbons (Fsp3) is 0.526. The summed E-state index contributed by atoms with van der Waals surface area (Å²) in [7, 11) is 0. The van der Waals surface area contributed by atoms with E-state index in [0.29, 0.717) is 11.8 Å². The van der Waals surface area contributed by atoms with Gasteiger partial charge < -0.3 is 5.11 Å². The summed E-state index contributed by atoms with van der Waals surface area (Å²) in [4.78, 5) is 4.54. The highest BCUT2D eigenvalue weighted by Crippen LogP contribution is 2.36. The van der Waals surface area contributed by atoms with E-state index in [2.05, 4.69) is 44.8 Å². The fourth-order valence-electron chi connectivity index (χ4n) is 3.19. The smallest absolute Gasteiger partial charge is 0.0901 e. The highest BCUT2D eigenvalue weighted by Gasteiger charge is 2.31. The summed E-state index contributed by atoms with van der Waals surface area (Å²) < 4.78 is 0. The summed E-state index contributed by atoms with van der Waals surface area (Å²) >= 11 is 0. The van der Waals surface area contributed by atoms with Crippen LogP contribution in [0.4, 0.5) is 0 Å². The molecule has 1 aromatic carbocycles. The molecule has 1 N–H and O–H groups in total. The van der Waals surface area contributed by atoms with Crippen LogP contribution in [0.25, 0.3) is 10.9 Å². The number of nitrogens with zero attached hydrogens (tertiary/aromatic N) is 1. The van der Waals surface area contributed by atoms with Crippen molar-refractivity contribution in [2.24, 2.45) is 11.8 Å². The molecule has 2 rings (SSSR count). The summed E-state index contributed by atoms with van der Waals surface area (Å²) in [6.07, 6.45) is 1.58. The third-order valence-corrected chi connectivity index (χ3v) is 3.86. The molecule has 2 nitrogen and oxygen atoms in total. The Hall–Kier alpha value is -1.41. The summed E-state index contributed by atoms with van der Waals surface area (Å²) in [6, 6.07) is 10.3. The summed E-state index contributed by atoms with van der Waals surface area (Å²) in [5.74, 6) is 0.918. The van der Waals surface area contributed by atoms with Crippen LogP contribution in [0.5, 0.6) is 0 Å². The second-order valence-electron chi connectivity index (χ2n) is 7.09. The van der Waals surface area contributed by atoms with Crippen molar-refractivity contribution in [2.45, 2.75) is 53.1 Å². The molecule has 0 radical (unpaired) electrons. The zero-order valence-electron chi connectivity index (χ0n) is 13.9. The summed E-state index contributed by atoms with van der Waals surface area (Å²) in [6.45, 7) is 10.7. The molecule has 21 heavy (non-hydrogen) atoms. The molecular formula is C19H27NO. The summed E-state index contributed by atoms with van der Waals surface area (Å²) in [5, 5.41) is 12.3. The molecule has 0 atom stereocenters. The maximum atomic E-state index is 11.2. The van der Waals surface area contributed by atoms with Gasteiger partial charge in [0.05, 0.1) is 11.1 Å². The van der Waals surface area contributed by atoms with Crippen LogP contribution in [0.1, 0.15) is 51.8 Å². The van der Waals surface area contributed by atoms with Crippen molar-refractivity contribution < 1.29 is 5.11 Å². The van der Waals surface area contributed by atoms with E-state index in [9.17, 15) is 5.11 Å². The van der Waals surface area contributed by atoms with E-state index in [1.54, 1.807) is 0 Å². The van der Waals surface area contributed by atoms with Gasteiger partial charge >= 0.3 is 0 Å². The lowest BCUT2D eigenvalue weighted by Gasteiger charge is -2.32. The quantitative estimate of drug-likeness (QED) is 0.854. The minimum absolute atomic E-state index is 0.459. The second-order valence-corrected chi connectivity index (χ2v) is 7.09. The minimum atomic E-state index is -0.749. The Morgan fingerprint density at radius 3 is 2.19 bits per heavy atom. The molecule has 0 unspecified atom stereocenters.